The number of anilines is 1. The van der Waals surface area contributed by atoms with Crippen molar-refractivity contribution < 1.29 is 13.7 Å². The van der Waals surface area contributed by atoms with Gasteiger partial charge in [0.25, 0.3) is 0 Å². The third-order valence-electron chi connectivity index (χ3n) is 3.26. The van der Waals surface area contributed by atoms with Gasteiger partial charge in [-0.1, -0.05) is 42.5 Å². The van der Waals surface area contributed by atoms with E-state index in [0.29, 0.717) is 17.2 Å². The molecule has 0 fully saturated rings. The van der Waals surface area contributed by atoms with Crippen LogP contribution in [0.15, 0.2) is 54.6 Å². The molecule has 0 saturated carbocycles. The number of nitrogens with one attached hydrogen (secondary N) is 2. The molecule has 0 aromatic heterocycles. The maximum Gasteiger partial charge on any atom is 0.319 e. The summed E-state index contributed by atoms with van der Waals surface area (Å²) in [4.78, 5) is 12.3. The molecule has 2 rings (SSSR count). The molecule has 23 heavy (non-hydrogen) atoms. The van der Waals surface area contributed by atoms with E-state index in [4.69, 9.17) is 4.74 Å². The lowest BCUT2D eigenvalue weighted by Gasteiger charge is -2.19. The summed E-state index contributed by atoms with van der Waals surface area (Å²) < 4.78 is 16.8. The van der Waals surface area contributed by atoms with Crippen molar-refractivity contribution in [2.45, 2.75) is 6.04 Å². The number of carbonyl (C=O) groups excluding carboxylic acids is 1. The molecule has 0 aliphatic rings. The van der Waals surface area contributed by atoms with Crippen LogP contribution in [0.2, 0.25) is 0 Å². The Kier molecular flexibility index (Phi) is 6.17. The van der Waals surface area contributed by atoms with E-state index in [0.717, 1.165) is 5.56 Å². The van der Waals surface area contributed by atoms with Gasteiger partial charge in [0.05, 0.1) is 18.8 Å². The highest BCUT2D eigenvalue weighted by atomic mass is 32.2. The lowest BCUT2D eigenvalue weighted by Crippen LogP contribution is -2.35. The van der Waals surface area contributed by atoms with Gasteiger partial charge >= 0.3 is 6.03 Å². The first-order chi connectivity index (χ1) is 11.1. The summed E-state index contributed by atoms with van der Waals surface area (Å²) in [5.41, 5.74) is 1.50. The van der Waals surface area contributed by atoms with Crippen molar-refractivity contribution in [2.24, 2.45) is 0 Å². The van der Waals surface area contributed by atoms with Crippen LogP contribution in [0.3, 0.4) is 0 Å². The monoisotopic (exact) mass is 332 g/mol. The molecule has 0 heterocycles. The largest absolute Gasteiger partial charge is 0.495 e. The summed E-state index contributed by atoms with van der Waals surface area (Å²) in [6.45, 7) is 0. The first-order valence-electron chi connectivity index (χ1n) is 7.15. The Morgan fingerprint density at radius 1 is 1.13 bits per heavy atom. The van der Waals surface area contributed by atoms with E-state index in [9.17, 15) is 9.00 Å². The predicted molar refractivity (Wildman–Crippen MR) is 93.3 cm³/mol. The number of ether oxygens (including phenoxy) is 1. The summed E-state index contributed by atoms with van der Waals surface area (Å²) in [5, 5.41) is 5.63. The molecule has 0 aliphatic carbocycles. The van der Waals surface area contributed by atoms with Gasteiger partial charge in [-0.3, -0.25) is 4.21 Å². The van der Waals surface area contributed by atoms with Crippen molar-refractivity contribution in [3.05, 3.63) is 60.2 Å². The lowest BCUT2D eigenvalue weighted by molar-refractivity contribution is 0.249. The molecule has 2 amide bonds. The quantitative estimate of drug-likeness (QED) is 0.855. The molecule has 6 heteroatoms. The number of carbonyl (C=O) groups is 1. The Balaban J connectivity index is 2.10. The van der Waals surface area contributed by atoms with Crippen LogP contribution in [0.25, 0.3) is 0 Å². The Morgan fingerprint density at radius 2 is 1.78 bits per heavy atom. The molecule has 2 N–H and O–H groups in total. The molecule has 2 atom stereocenters. The fourth-order valence-corrected chi connectivity index (χ4v) is 2.95. The van der Waals surface area contributed by atoms with E-state index in [1.807, 2.05) is 42.5 Å². The highest BCUT2D eigenvalue weighted by Crippen LogP contribution is 2.23. The Morgan fingerprint density at radius 3 is 2.43 bits per heavy atom. The van der Waals surface area contributed by atoms with Crippen LogP contribution in [0, 0.1) is 0 Å². The van der Waals surface area contributed by atoms with Gasteiger partial charge in [0.15, 0.2) is 0 Å². The van der Waals surface area contributed by atoms with Crippen LogP contribution in [0.5, 0.6) is 5.75 Å². The minimum atomic E-state index is -1.03. The van der Waals surface area contributed by atoms with Crippen LogP contribution < -0.4 is 15.4 Å². The van der Waals surface area contributed by atoms with Crippen molar-refractivity contribution in [3.63, 3.8) is 0 Å². The molecular weight excluding hydrogens is 312 g/mol. The number of amides is 2. The average Bonchev–Trinajstić information content (AvgIpc) is 2.55. The average molecular weight is 332 g/mol. The van der Waals surface area contributed by atoms with Crippen molar-refractivity contribution in [1.29, 1.82) is 0 Å². The first kappa shape index (κ1) is 17.0. The summed E-state index contributed by atoms with van der Waals surface area (Å²) in [6.07, 6.45) is 1.62. The zero-order chi connectivity index (χ0) is 16.7. The van der Waals surface area contributed by atoms with Gasteiger partial charge in [0, 0.05) is 22.8 Å². The highest BCUT2D eigenvalue weighted by Gasteiger charge is 2.16. The molecule has 0 radical (unpaired) electrons. The van der Waals surface area contributed by atoms with E-state index >= 15 is 0 Å². The standard InChI is InChI=1S/C17H20N2O3S/c1-22-16-11-7-6-10-14(16)18-17(20)19-15(12-23(2)21)13-8-4-3-5-9-13/h3-11,15H,12H2,1-2H3,(H2,18,19,20). The molecule has 0 bridgehead atoms. The van der Waals surface area contributed by atoms with Gasteiger partial charge in [-0.15, -0.1) is 0 Å². The van der Waals surface area contributed by atoms with Gasteiger partial charge in [-0.2, -0.15) is 0 Å². The number of urea groups is 1. The van der Waals surface area contributed by atoms with Crippen LogP contribution >= 0.6 is 0 Å². The van der Waals surface area contributed by atoms with Crippen molar-refractivity contribution in [2.75, 3.05) is 24.4 Å². The van der Waals surface area contributed by atoms with Gasteiger partial charge in [0.2, 0.25) is 0 Å². The lowest BCUT2D eigenvalue weighted by atomic mass is 10.1. The zero-order valence-corrected chi connectivity index (χ0v) is 13.9. The summed E-state index contributed by atoms with van der Waals surface area (Å²) >= 11 is 0. The Bertz CT molecular complexity index is 677. The topological polar surface area (TPSA) is 67.4 Å². The minimum Gasteiger partial charge on any atom is -0.495 e. The molecular formula is C17H20N2O3S. The number of hydrogen-bond donors (Lipinski definition) is 2. The van der Waals surface area contributed by atoms with Gasteiger partial charge < -0.3 is 15.4 Å². The second-order valence-electron chi connectivity index (χ2n) is 5.00. The van der Waals surface area contributed by atoms with Crippen molar-refractivity contribution >= 4 is 22.5 Å². The van der Waals surface area contributed by atoms with Gasteiger partial charge in [0.1, 0.15) is 5.75 Å². The molecule has 2 unspecified atom stereocenters. The normalized spacial score (nSPS) is 13.0. The maximum atomic E-state index is 12.3. The van der Waals surface area contributed by atoms with Gasteiger partial charge in [-0.05, 0) is 17.7 Å². The van der Waals surface area contributed by atoms with Crippen molar-refractivity contribution in [1.82, 2.24) is 5.32 Å². The zero-order valence-electron chi connectivity index (χ0n) is 13.1. The third kappa shape index (κ3) is 5.10. The predicted octanol–water partition coefficient (Wildman–Crippen LogP) is 2.94. The van der Waals surface area contributed by atoms with Gasteiger partial charge in [-0.25, -0.2) is 4.79 Å². The van der Waals surface area contributed by atoms with E-state index < -0.39 is 10.8 Å². The fraction of sp³-hybridized carbons (Fsp3) is 0.235. The van der Waals surface area contributed by atoms with Crippen molar-refractivity contribution in [3.8, 4) is 5.75 Å². The fourth-order valence-electron chi connectivity index (χ4n) is 2.21. The van der Waals surface area contributed by atoms with E-state index in [1.165, 1.54) is 0 Å². The minimum absolute atomic E-state index is 0.322. The molecule has 0 aliphatic heterocycles. The molecule has 2 aromatic rings. The van der Waals surface area contributed by atoms with Crippen LogP contribution in [0.1, 0.15) is 11.6 Å². The molecule has 0 saturated heterocycles. The summed E-state index contributed by atoms with van der Waals surface area (Å²) in [7, 11) is 0.515. The maximum absolute atomic E-state index is 12.3. The SMILES string of the molecule is COc1ccccc1NC(=O)NC(CS(C)=O)c1ccccc1. The number of benzene rings is 2. The highest BCUT2D eigenvalue weighted by molar-refractivity contribution is 7.84. The van der Waals surface area contributed by atoms with E-state index in [2.05, 4.69) is 10.6 Å². The number of para-hydroxylation sites is 2. The van der Waals surface area contributed by atoms with E-state index in [-0.39, 0.29) is 12.1 Å². The molecule has 122 valence electrons. The molecule has 2 aromatic carbocycles. The summed E-state index contributed by atoms with van der Waals surface area (Å²) in [5.74, 6) is 0.932. The molecule has 0 spiro atoms. The second-order valence-corrected chi connectivity index (χ2v) is 6.48. The van der Waals surface area contributed by atoms with Crippen LogP contribution in [-0.2, 0) is 10.8 Å². The van der Waals surface area contributed by atoms with Crippen LogP contribution in [0.4, 0.5) is 10.5 Å². The van der Waals surface area contributed by atoms with E-state index in [1.54, 1.807) is 25.5 Å². The third-order valence-corrected chi connectivity index (χ3v) is 4.07. The second kappa shape index (κ2) is 8.33. The smallest absolute Gasteiger partial charge is 0.319 e. The molecule has 5 nitrogen and oxygen atoms in total. The Labute approximate surface area is 138 Å². The Hall–Kier alpha value is -2.34. The number of methoxy groups -OCH3 is 1. The number of rotatable bonds is 6. The number of hydrogen-bond acceptors (Lipinski definition) is 3. The first-order valence-corrected chi connectivity index (χ1v) is 8.88. The van der Waals surface area contributed by atoms with Crippen LogP contribution in [-0.4, -0.2) is 29.4 Å². The summed E-state index contributed by atoms with van der Waals surface area (Å²) in [6, 6.07) is 16.0.